The fourth-order valence-corrected chi connectivity index (χ4v) is 4.91. The highest BCUT2D eigenvalue weighted by atomic mass is 32.2. The number of rotatable bonds is 8. The summed E-state index contributed by atoms with van der Waals surface area (Å²) in [5.74, 6) is 0.128. The molecule has 0 spiro atoms. The maximum atomic E-state index is 12.4. The van der Waals surface area contributed by atoms with Crippen LogP contribution in [0.3, 0.4) is 0 Å². The lowest BCUT2D eigenvalue weighted by atomic mass is 10.3. The molecule has 0 bridgehead atoms. The van der Waals surface area contributed by atoms with Crippen LogP contribution in [0, 0.1) is 0 Å². The second-order valence-electron chi connectivity index (χ2n) is 6.66. The second kappa shape index (κ2) is 9.12. The lowest BCUT2D eigenvalue weighted by molar-refractivity contribution is -0.132. The zero-order chi connectivity index (χ0) is 17.6. The number of nitrogens with zero attached hydrogens (tertiary/aromatic N) is 3. The largest absolute Gasteiger partial charge is 0.340 e. The number of hydrogen-bond acceptors (Lipinski definition) is 4. The molecule has 2 fully saturated rings. The van der Waals surface area contributed by atoms with Gasteiger partial charge in [0.05, 0.1) is 0 Å². The molecular formula is C16H32N4O3S. The van der Waals surface area contributed by atoms with Crippen LogP contribution >= 0.6 is 0 Å². The van der Waals surface area contributed by atoms with Crippen LogP contribution in [0.1, 0.15) is 46.0 Å². The first-order valence-corrected chi connectivity index (χ1v) is 10.7. The molecule has 0 aromatic heterocycles. The summed E-state index contributed by atoms with van der Waals surface area (Å²) in [7, 11) is -3.41. The van der Waals surface area contributed by atoms with Crippen LogP contribution in [0.15, 0.2) is 0 Å². The summed E-state index contributed by atoms with van der Waals surface area (Å²) in [4.78, 5) is 16.3. The third kappa shape index (κ3) is 5.40. The summed E-state index contributed by atoms with van der Waals surface area (Å²) in [6.45, 7) is 8.60. The number of carbonyl (C=O) groups excluding carboxylic acids is 1. The number of carbonyl (C=O) groups is 1. The molecule has 1 N–H and O–H groups in total. The monoisotopic (exact) mass is 360 g/mol. The zero-order valence-electron chi connectivity index (χ0n) is 15.0. The van der Waals surface area contributed by atoms with Gasteiger partial charge in [-0.1, -0.05) is 26.7 Å². The lowest BCUT2D eigenvalue weighted by Crippen LogP contribution is -2.54. The smallest absolute Gasteiger partial charge is 0.279 e. The van der Waals surface area contributed by atoms with E-state index in [0.29, 0.717) is 32.6 Å². The summed E-state index contributed by atoms with van der Waals surface area (Å²) in [5, 5.41) is 0. The third-order valence-corrected chi connectivity index (χ3v) is 6.81. The predicted octanol–water partition coefficient (Wildman–Crippen LogP) is 0.640. The maximum absolute atomic E-state index is 12.4. The molecule has 24 heavy (non-hydrogen) atoms. The van der Waals surface area contributed by atoms with Gasteiger partial charge in [-0.15, -0.1) is 0 Å². The highest BCUT2D eigenvalue weighted by Gasteiger charge is 2.31. The van der Waals surface area contributed by atoms with Crippen molar-refractivity contribution in [3.05, 3.63) is 0 Å². The maximum Gasteiger partial charge on any atom is 0.279 e. The Labute approximate surface area is 146 Å². The van der Waals surface area contributed by atoms with Gasteiger partial charge >= 0.3 is 0 Å². The minimum atomic E-state index is -3.41. The summed E-state index contributed by atoms with van der Waals surface area (Å²) in [6.07, 6.45) is 4.57. The van der Waals surface area contributed by atoms with Gasteiger partial charge in [-0.2, -0.15) is 17.4 Å². The van der Waals surface area contributed by atoms with Gasteiger partial charge in [0.15, 0.2) is 0 Å². The molecule has 7 nitrogen and oxygen atoms in total. The first-order valence-electron chi connectivity index (χ1n) is 9.23. The van der Waals surface area contributed by atoms with Crippen molar-refractivity contribution in [1.82, 2.24) is 18.8 Å². The van der Waals surface area contributed by atoms with E-state index in [9.17, 15) is 13.2 Å². The second-order valence-corrected chi connectivity index (χ2v) is 8.36. The lowest BCUT2D eigenvalue weighted by Gasteiger charge is -2.35. The van der Waals surface area contributed by atoms with E-state index in [1.165, 1.54) is 4.31 Å². The van der Waals surface area contributed by atoms with Crippen LogP contribution < -0.4 is 4.72 Å². The van der Waals surface area contributed by atoms with Crippen LogP contribution in [0.25, 0.3) is 0 Å². The molecule has 1 aliphatic carbocycles. The topological polar surface area (TPSA) is 73.0 Å². The van der Waals surface area contributed by atoms with Crippen LogP contribution in [-0.4, -0.2) is 80.3 Å². The Kier molecular flexibility index (Phi) is 7.46. The van der Waals surface area contributed by atoms with Gasteiger partial charge in [0.25, 0.3) is 10.2 Å². The molecule has 140 valence electrons. The Bertz CT molecular complexity index is 493. The molecule has 1 amide bonds. The summed E-state index contributed by atoms with van der Waals surface area (Å²) in [6, 6.07) is 0.0868. The van der Waals surface area contributed by atoms with E-state index >= 15 is 0 Å². The molecule has 0 aromatic rings. The van der Waals surface area contributed by atoms with Gasteiger partial charge in [-0.3, -0.25) is 4.79 Å². The van der Waals surface area contributed by atoms with Gasteiger partial charge < -0.3 is 9.80 Å². The number of amides is 1. The molecule has 0 aromatic carbocycles. The fourth-order valence-electron chi connectivity index (χ4n) is 3.46. The SMILES string of the molecule is CCN(CC)CCC(=O)N1CCN(S(=O)(=O)NC2CCCC2)CC1. The van der Waals surface area contributed by atoms with Crippen molar-refractivity contribution < 1.29 is 13.2 Å². The Balaban J connectivity index is 1.76. The molecule has 0 atom stereocenters. The molecule has 1 saturated heterocycles. The predicted molar refractivity (Wildman–Crippen MR) is 94.9 cm³/mol. The molecule has 1 heterocycles. The Morgan fingerprint density at radius 2 is 1.67 bits per heavy atom. The van der Waals surface area contributed by atoms with Crippen molar-refractivity contribution in [2.75, 3.05) is 45.8 Å². The van der Waals surface area contributed by atoms with E-state index in [4.69, 9.17) is 0 Å². The average molecular weight is 361 g/mol. The van der Waals surface area contributed by atoms with E-state index < -0.39 is 10.2 Å². The highest BCUT2D eigenvalue weighted by Crippen LogP contribution is 2.19. The molecule has 0 radical (unpaired) electrons. The summed E-state index contributed by atoms with van der Waals surface area (Å²) < 4.78 is 29.1. The van der Waals surface area contributed by atoms with Crippen molar-refractivity contribution in [1.29, 1.82) is 0 Å². The van der Waals surface area contributed by atoms with Crippen LogP contribution in [-0.2, 0) is 15.0 Å². The van der Waals surface area contributed by atoms with E-state index in [1.807, 2.05) is 0 Å². The Hall–Kier alpha value is -0.700. The molecule has 1 aliphatic heterocycles. The van der Waals surface area contributed by atoms with Gasteiger partial charge in [0, 0.05) is 45.2 Å². The molecule has 2 rings (SSSR count). The highest BCUT2D eigenvalue weighted by molar-refractivity contribution is 7.87. The first-order chi connectivity index (χ1) is 11.5. The molecular weight excluding hydrogens is 328 g/mol. The fraction of sp³-hybridized carbons (Fsp3) is 0.938. The van der Waals surface area contributed by atoms with E-state index in [0.717, 1.165) is 45.3 Å². The first kappa shape index (κ1) is 19.6. The van der Waals surface area contributed by atoms with E-state index in [2.05, 4.69) is 23.5 Å². The van der Waals surface area contributed by atoms with Crippen LogP contribution in [0.5, 0.6) is 0 Å². The molecule has 2 aliphatic rings. The zero-order valence-corrected chi connectivity index (χ0v) is 15.9. The minimum Gasteiger partial charge on any atom is -0.340 e. The van der Waals surface area contributed by atoms with Crippen LogP contribution in [0.2, 0.25) is 0 Å². The molecule has 1 saturated carbocycles. The number of nitrogens with one attached hydrogen (secondary N) is 1. The van der Waals surface area contributed by atoms with Crippen molar-refractivity contribution in [3.8, 4) is 0 Å². The average Bonchev–Trinajstić information content (AvgIpc) is 3.08. The number of hydrogen-bond donors (Lipinski definition) is 1. The molecule has 8 heteroatoms. The van der Waals surface area contributed by atoms with E-state index in [-0.39, 0.29) is 11.9 Å². The Morgan fingerprint density at radius 1 is 1.08 bits per heavy atom. The van der Waals surface area contributed by atoms with Gasteiger partial charge in [0.1, 0.15) is 0 Å². The minimum absolute atomic E-state index is 0.0868. The normalized spacial score (nSPS) is 20.9. The standard InChI is InChI=1S/C16H32N4O3S/c1-3-18(4-2)10-9-16(21)19-11-13-20(14-12-19)24(22,23)17-15-7-5-6-8-15/h15,17H,3-14H2,1-2H3. The van der Waals surface area contributed by atoms with Gasteiger partial charge in [-0.05, 0) is 25.9 Å². The van der Waals surface area contributed by atoms with Crippen LogP contribution in [0.4, 0.5) is 0 Å². The molecule has 0 unspecified atom stereocenters. The van der Waals surface area contributed by atoms with E-state index in [1.54, 1.807) is 4.90 Å². The summed E-state index contributed by atoms with van der Waals surface area (Å²) >= 11 is 0. The van der Waals surface area contributed by atoms with Crippen molar-refractivity contribution in [2.45, 2.75) is 52.0 Å². The van der Waals surface area contributed by atoms with Gasteiger partial charge in [0.2, 0.25) is 5.91 Å². The number of piperazine rings is 1. The van der Waals surface area contributed by atoms with Crippen molar-refractivity contribution >= 4 is 16.1 Å². The quantitative estimate of drug-likeness (QED) is 0.689. The summed E-state index contributed by atoms with van der Waals surface area (Å²) in [5.41, 5.74) is 0. The van der Waals surface area contributed by atoms with Gasteiger partial charge in [-0.25, -0.2) is 0 Å². The van der Waals surface area contributed by atoms with Crippen molar-refractivity contribution in [2.24, 2.45) is 0 Å². The Morgan fingerprint density at radius 3 is 2.21 bits per heavy atom. The van der Waals surface area contributed by atoms with Crippen molar-refractivity contribution in [3.63, 3.8) is 0 Å². The third-order valence-electron chi connectivity index (χ3n) is 5.14.